The van der Waals surface area contributed by atoms with Crippen molar-refractivity contribution in [2.75, 3.05) is 26.2 Å². The summed E-state index contributed by atoms with van der Waals surface area (Å²) in [6.45, 7) is 16.2. The average molecular weight is 250 g/mol. The van der Waals surface area contributed by atoms with Gasteiger partial charge in [-0.3, -0.25) is 4.99 Å². The largest absolute Gasteiger partial charge is 0.302 e. The van der Waals surface area contributed by atoms with Crippen molar-refractivity contribution in [2.24, 2.45) is 21.7 Å². The smallest absolute Gasteiger partial charge is 0.0516 e. The van der Waals surface area contributed by atoms with E-state index in [1.54, 1.807) is 0 Å². The van der Waals surface area contributed by atoms with Crippen LogP contribution in [-0.4, -0.2) is 36.8 Å². The predicted octanol–water partition coefficient (Wildman–Crippen LogP) is 3.62. The molecule has 2 saturated carbocycles. The molecular weight excluding hydrogens is 220 g/mol. The summed E-state index contributed by atoms with van der Waals surface area (Å²) >= 11 is 0. The number of hydrogen-bond donors (Lipinski definition) is 0. The number of hydrogen-bond acceptors (Lipinski definition) is 2. The molecule has 0 unspecified atom stereocenters. The molecule has 2 aliphatic rings. The Labute approximate surface area is 113 Å². The minimum absolute atomic E-state index is 0.390. The SMILES string of the molecule is CCN(CC)CCN=C1C[C@H]2CC[C@]1(C)C2(C)C. The van der Waals surface area contributed by atoms with Crippen molar-refractivity contribution >= 4 is 5.71 Å². The number of aliphatic imine (C=N–C) groups is 1. The van der Waals surface area contributed by atoms with Gasteiger partial charge >= 0.3 is 0 Å². The Morgan fingerprint density at radius 2 is 1.89 bits per heavy atom. The van der Waals surface area contributed by atoms with Crippen molar-refractivity contribution in [3.8, 4) is 0 Å². The van der Waals surface area contributed by atoms with Crippen molar-refractivity contribution in [1.29, 1.82) is 0 Å². The maximum absolute atomic E-state index is 4.98. The number of nitrogens with zero attached hydrogens (tertiary/aromatic N) is 2. The molecule has 0 N–H and O–H groups in total. The maximum atomic E-state index is 4.98. The normalized spacial score (nSPS) is 35.9. The van der Waals surface area contributed by atoms with Gasteiger partial charge in [0, 0.05) is 17.7 Å². The second-order valence-electron chi connectivity index (χ2n) is 6.85. The molecule has 0 aromatic heterocycles. The predicted molar refractivity (Wildman–Crippen MR) is 79.3 cm³/mol. The molecule has 2 heteroatoms. The zero-order valence-corrected chi connectivity index (χ0v) is 12.9. The molecule has 2 bridgehead atoms. The summed E-state index contributed by atoms with van der Waals surface area (Å²) in [4.78, 5) is 7.45. The van der Waals surface area contributed by atoms with Crippen LogP contribution in [0.1, 0.15) is 53.9 Å². The van der Waals surface area contributed by atoms with Crippen LogP contribution in [0, 0.1) is 16.7 Å². The van der Waals surface area contributed by atoms with Crippen molar-refractivity contribution in [3.05, 3.63) is 0 Å². The molecule has 2 atom stereocenters. The van der Waals surface area contributed by atoms with Crippen LogP contribution in [0.15, 0.2) is 4.99 Å². The van der Waals surface area contributed by atoms with Gasteiger partial charge in [-0.25, -0.2) is 0 Å². The lowest BCUT2D eigenvalue weighted by atomic mass is 9.70. The molecule has 0 heterocycles. The van der Waals surface area contributed by atoms with Gasteiger partial charge in [0.25, 0.3) is 0 Å². The van der Waals surface area contributed by atoms with Crippen LogP contribution in [0.5, 0.6) is 0 Å². The van der Waals surface area contributed by atoms with Gasteiger partial charge in [0.05, 0.1) is 6.54 Å². The Kier molecular flexibility index (Phi) is 3.87. The topological polar surface area (TPSA) is 15.6 Å². The van der Waals surface area contributed by atoms with Crippen molar-refractivity contribution in [1.82, 2.24) is 4.90 Å². The number of likely N-dealkylation sites (N-methyl/N-ethyl adjacent to an activating group) is 1. The van der Waals surface area contributed by atoms with E-state index >= 15 is 0 Å². The molecule has 0 radical (unpaired) electrons. The summed E-state index contributed by atoms with van der Waals surface area (Å²) in [5.41, 5.74) is 2.39. The van der Waals surface area contributed by atoms with E-state index in [9.17, 15) is 0 Å². The second-order valence-corrected chi connectivity index (χ2v) is 6.85. The molecule has 2 fully saturated rings. The van der Waals surface area contributed by atoms with E-state index in [1.165, 1.54) is 25.0 Å². The van der Waals surface area contributed by atoms with E-state index in [0.29, 0.717) is 10.8 Å². The molecule has 0 amide bonds. The molecular formula is C16H30N2. The van der Waals surface area contributed by atoms with Gasteiger partial charge in [0.1, 0.15) is 0 Å². The van der Waals surface area contributed by atoms with Crippen LogP contribution in [-0.2, 0) is 0 Å². The summed E-state index contributed by atoms with van der Waals surface area (Å²) in [6, 6.07) is 0. The standard InChI is InChI=1S/C16H30N2/c1-6-18(7-2)11-10-17-14-12-13-8-9-16(14,5)15(13,3)4/h13H,6-12H2,1-5H3/t13-,16+/m1/s1. The highest BCUT2D eigenvalue weighted by Gasteiger charge is 2.59. The van der Waals surface area contributed by atoms with Gasteiger partial charge in [-0.1, -0.05) is 34.6 Å². The fourth-order valence-corrected chi connectivity index (χ4v) is 4.03. The van der Waals surface area contributed by atoms with Crippen LogP contribution < -0.4 is 0 Å². The average Bonchev–Trinajstić information content (AvgIpc) is 2.67. The minimum atomic E-state index is 0.390. The Bertz CT molecular complexity index is 328. The Morgan fingerprint density at radius 1 is 1.22 bits per heavy atom. The highest BCUT2D eigenvalue weighted by atomic mass is 15.1. The van der Waals surface area contributed by atoms with E-state index in [4.69, 9.17) is 4.99 Å². The monoisotopic (exact) mass is 250 g/mol. The van der Waals surface area contributed by atoms with Crippen molar-refractivity contribution in [3.63, 3.8) is 0 Å². The highest BCUT2D eigenvalue weighted by molar-refractivity contribution is 5.94. The summed E-state index contributed by atoms with van der Waals surface area (Å²) < 4.78 is 0. The number of fused-ring (bicyclic) bond motifs is 2. The zero-order chi connectivity index (χ0) is 13.4. The molecule has 18 heavy (non-hydrogen) atoms. The molecule has 2 rings (SSSR count). The molecule has 104 valence electrons. The van der Waals surface area contributed by atoms with Crippen molar-refractivity contribution in [2.45, 2.75) is 53.9 Å². The van der Waals surface area contributed by atoms with Crippen LogP contribution in [0.25, 0.3) is 0 Å². The first-order chi connectivity index (χ1) is 8.45. The molecule has 0 aromatic carbocycles. The maximum Gasteiger partial charge on any atom is 0.0516 e. The molecule has 0 spiro atoms. The van der Waals surface area contributed by atoms with E-state index in [2.05, 4.69) is 39.5 Å². The van der Waals surface area contributed by atoms with E-state index < -0.39 is 0 Å². The third-order valence-corrected chi connectivity index (χ3v) is 6.13. The second kappa shape index (κ2) is 4.96. The molecule has 0 aromatic rings. The van der Waals surface area contributed by atoms with E-state index in [1.807, 2.05) is 0 Å². The van der Waals surface area contributed by atoms with E-state index in [0.717, 1.165) is 32.1 Å². The summed E-state index contributed by atoms with van der Waals surface area (Å²) in [5, 5.41) is 0. The molecule has 2 aliphatic carbocycles. The van der Waals surface area contributed by atoms with Gasteiger partial charge in [0.15, 0.2) is 0 Å². The van der Waals surface area contributed by atoms with Crippen LogP contribution >= 0.6 is 0 Å². The van der Waals surface area contributed by atoms with Gasteiger partial charge in [-0.05, 0) is 43.7 Å². The highest BCUT2D eigenvalue weighted by Crippen LogP contribution is 2.63. The lowest BCUT2D eigenvalue weighted by Gasteiger charge is -2.34. The van der Waals surface area contributed by atoms with Gasteiger partial charge in [-0.15, -0.1) is 0 Å². The lowest BCUT2D eigenvalue weighted by molar-refractivity contribution is 0.193. The minimum Gasteiger partial charge on any atom is -0.302 e. The third-order valence-electron chi connectivity index (χ3n) is 6.13. The zero-order valence-electron chi connectivity index (χ0n) is 12.9. The fraction of sp³-hybridized carbons (Fsp3) is 0.938. The van der Waals surface area contributed by atoms with E-state index in [-0.39, 0.29) is 0 Å². The first-order valence-electron chi connectivity index (χ1n) is 7.72. The Hall–Kier alpha value is -0.370. The number of rotatable bonds is 5. The van der Waals surface area contributed by atoms with Crippen LogP contribution in [0.4, 0.5) is 0 Å². The van der Waals surface area contributed by atoms with Crippen LogP contribution in [0.2, 0.25) is 0 Å². The molecule has 2 nitrogen and oxygen atoms in total. The third kappa shape index (κ3) is 2.03. The Morgan fingerprint density at radius 3 is 2.33 bits per heavy atom. The van der Waals surface area contributed by atoms with Gasteiger partial charge < -0.3 is 4.90 Å². The summed E-state index contributed by atoms with van der Waals surface area (Å²) in [7, 11) is 0. The molecule has 0 aliphatic heterocycles. The lowest BCUT2D eigenvalue weighted by Crippen LogP contribution is -2.33. The summed E-state index contributed by atoms with van der Waals surface area (Å²) in [6.07, 6.45) is 4.04. The summed E-state index contributed by atoms with van der Waals surface area (Å²) in [5.74, 6) is 0.884. The first kappa shape index (κ1) is 14.0. The van der Waals surface area contributed by atoms with Gasteiger partial charge in [0.2, 0.25) is 0 Å². The fourth-order valence-electron chi connectivity index (χ4n) is 4.03. The van der Waals surface area contributed by atoms with Crippen molar-refractivity contribution < 1.29 is 0 Å². The first-order valence-corrected chi connectivity index (χ1v) is 7.72. The molecule has 0 saturated heterocycles. The van der Waals surface area contributed by atoms with Gasteiger partial charge in [-0.2, -0.15) is 0 Å². The Balaban J connectivity index is 1.99. The quantitative estimate of drug-likeness (QED) is 0.727. The van der Waals surface area contributed by atoms with Crippen LogP contribution in [0.3, 0.4) is 0 Å².